The van der Waals surface area contributed by atoms with Crippen molar-refractivity contribution >= 4 is 5.97 Å². The van der Waals surface area contributed by atoms with E-state index in [1.807, 2.05) is 24.3 Å². The minimum Gasteiger partial charge on any atom is -0.422 e. The predicted octanol–water partition coefficient (Wildman–Crippen LogP) is 10.3. The molecule has 3 heteroatoms. The van der Waals surface area contributed by atoms with Crippen molar-refractivity contribution in [2.75, 3.05) is 0 Å². The molecule has 0 N–H and O–H groups in total. The highest BCUT2D eigenvalue weighted by molar-refractivity contribution is 5.91. The fourth-order valence-electron chi connectivity index (χ4n) is 5.89. The monoisotopic (exact) mass is 515 g/mol. The van der Waals surface area contributed by atoms with Crippen LogP contribution in [0, 0.1) is 17.2 Å². The minimum atomic E-state index is -0.402. The fraction of sp³-hybridized carbons (Fsp3) is 0.600. The Morgan fingerprint density at radius 1 is 0.816 bits per heavy atom. The van der Waals surface area contributed by atoms with Gasteiger partial charge in [-0.3, -0.25) is 0 Å². The average Bonchev–Trinajstić information content (AvgIpc) is 2.95. The maximum absolute atomic E-state index is 12.8. The molecule has 3 nitrogen and oxygen atoms in total. The molecular weight excluding hydrogens is 466 g/mol. The Morgan fingerprint density at radius 2 is 1.45 bits per heavy atom. The normalized spacial score (nSPS) is 17.2. The van der Waals surface area contributed by atoms with Crippen LogP contribution in [0.3, 0.4) is 0 Å². The van der Waals surface area contributed by atoms with E-state index in [9.17, 15) is 10.1 Å². The summed E-state index contributed by atoms with van der Waals surface area (Å²) < 4.78 is 5.62. The van der Waals surface area contributed by atoms with Crippen molar-refractivity contribution in [3.8, 4) is 11.8 Å². The number of nitriles is 1. The van der Waals surface area contributed by atoms with Crippen LogP contribution in [0.25, 0.3) is 0 Å². The van der Waals surface area contributed by atoms with Crippen LogP contribution in [0.4, 0.5) is 0 Å². The number of benzene rings is 2. The van der Waals surface area contributed by atoms with E-state index in [1.54, 1.807) is 6.07 Å². The molecule has 2 aromatic carbocycles. The predicted molar refractivity (Wildman–Crippen MR) is 158 cm³/mol. The van der Waals surface area contributed by atoms with Crippen LogP contribution >= 0.6 is 0 Å². The summed E-state index contributed by atoms with van der Waals surface area (Å²) >= 11 is 0. The third kappa shape index (κ3) is 9.94. The standard InChI is InChI=1S/C35H49NO2/c1-3-5-7-8-9-10-11-13-14-28-16-19-30(20-17-28)31-21-23-32(24-22-31)35(37)38-34-25-18-29(15-12-6-4-2)26-33(34)27-36/h18,21-26,28,30H,3-17,19-20H2,1-2H3. The number of aryl methyl sites for hydroxylation is 1. The van der Waals surface area contributed by atoms with Crippen molar-refractivity contribution in [2.45, 2.75) is 129 Å². The molecule has 1 aliphatic carbocycles. The average molecular weight is 516 g/mol. The second-order valence-electron chi connectivity index (χ2n) is 11.4. The lowest BCUT2D eigenvalue weighted by molar-refractivity contribution is 0.0734. The lowest BCUT2D eigenvalue weighted by Crippen LogP contribution is -2.14. The lowest BCUT2D eigenvalue weighted by Gasteiger charge is -2.29. The molecule has 0 radical (unpaired) electrons. The highest BCUT2D eigenvalue weighted by Gasteiger charge is 2.22. The first-order valence-electron chi connectivity index (χ1n) is 15.5. The van der Waals surface area contributed by atoms with Crippen LogP contribution in [0.5, 0.6) is 5.75 Å². The molecule has 0 spiro atoms. The van der Waals surface area contributed by atoms with Crippen molar-refractivity contribution in [1.82, 2.24) is 0 Å². The molecule has 206 valence electrons. The van der Waals surface area contributed by atoms with E-state index in [0.717, 1.165) is 24.3 Å². The van der Waals surface area contributed by atoms with E-state index in [4.69, 9.17) is 4.74 Å². The fourth-order valence-corrected chi connectivity index (χ4v) is 5.89. The Labute approximate surface area is 232 Å². The first-order valence-corrected chi connectivity index (χ1v) is 15.5. The highest BCUT2D eigenvalue weighted by atomic mass is 16.5. The summed E-state index contributed by atoms with van der Waals surface area (Å²) in [5.74, 6) is 1.43. The number of carbonyl (C=O) groups excluding carboxylic acids is 1. The quantitative estimate of drug-likeness (QED) is 0.127. The van der Waals surface area contributed by atoms with Gasteiger partial charge in [0.2, 0.25) is 0 Å². The first kappa shape index (κ1) is 29.9. The lowest BCUT2D eigenvalue weighted by atomic mass is 9.77. The van der Waals surface area contributed by atoms with E-state index in [2.05, 4.69) is 32.0 Å². The van der Waals surface area contributed by atoms with Gasteiger partial charge in [0.05, 0.1) is 11.1 Å². The highest BCUT2D eigenvalue weighted by Crippen LogP contribution is 2.38. The van der Waals surface area contributed by atoms with Crippen molar-refractivity contribution < 1.29 is 9.53 Å². The topological polar surface area (TPSA) is 50.1 Å². The number of hydrogen-bond donors (Lipinski definition) is 0. The van der Waals surface area contributed by atoms with Gasteiger partial charge in [-0.2, -0.15) is 5.26 Å². The van der Waals surface area contributed by atoms with Crippen molar-refractivity contribution in [3.05, 3.63) is 64.7 Å². The van der Waals surface area contributed by atoms with Crippen molar-refractivity contribution in [3.63, 3.8) is 0 Å². The molecule has 1 fully saturated rings. The Hall–Kier alpha value is -2.60. The molecule has 0 unspecified atom stereocenters. The number of carbonyl (C=O) groups is 1. The summed E-state index contributed by atoms with van der Waals surface area (Å²) in [6.07, 6.45) is 22.1. The van der Waals surface area contributed by atoms with Crippen LogP contribution in [0.1, 0.15) is 150 Å². The second-order valence-corrected chi connectivity index (χ2v) is 11.4. The molecule has 2 aromatic rings. The zero-order chi connectivity index (χ0) is 27.0. The first-order chi connectivity index (χ1) is 18.6. The SMILES string of the molecule is CCCCCCCCCCC1CCC(c2ccc(C(=O)Oc3ccc(CCCCC)cc3C#N)cc2)CC1. The molecule has 0 aliphatic heterocycles. The molecule has 0 saturated heterocycles. The van der Waals surface area contributed by atoms with Gasteiger partial charge < -0.3 is 4.74 Å². The molecule has 3 rings (SSSR count). The van der Waals surface area contributed by atoms with Gasteiger partial charge in [-0.1, -0.05) is 103 Å². The summed E-state index contributed by atoms with van der Waals surface area (Å²) in [6.45, 7) is 4.46. The van der Waals surface area contributed by atoms with Crippen LogP contribution < -0.4 is 4.74 Å². The largest absolute Gasteiger partial charge is 0.422 e. The number of hydrogen-bond acceptors (Lipinski definition) is 3. The van der Waals surface area contributed by atoms with Crippen molar-refractivity contribution in [1.29, 1.82) is 5.26 Å². The van der Waals surface area contributed by atoms with Gasteiger partial charge in [-0.05, 0) is 85.8 Å². The minimum absolute atomic E-state index is 0.343. The molecule has 0 atom stereocenters. The second kappa shape index (κ2) is 17.1. The van der Waals surface area contributed by atoms with E-state index in [1.165, 1.54) is 102 Å². The maximum atomic E-state index is 12.8. The molecule has 0 bridgehead atoms. The van der Waals surface area contributed by atoms with Crippen LogP contribution in [0.2, 0.25) is 0 Å². The number of nitrogens with zero attached hydrogens (tertiary/aromatic N) is 1. The van der Waals surface area contributed by atoms with Crippen LogP contribution in [0.15, 0.2) is 42.5 Å². The van der Waals surface area contributed by atoms with Crippen LogP contribution in [-0.4, -0.2) is 5.97 Å². The van der Waals surface area contributed by atoms with Gasteiger partial charge in [0.1, 0.15) is 11.8 Å². The molecule has 0 amide bonds. The van der Waals surface area contributed by atoms with Gasteiger partial charge in [0.25, 0.3) is 0 Å². The molecule has 0 heterocycles. The van der Waals surface area contributed by atoms with Gasteiger partial charge in [0, 0.05) is 0 Å². The Bertz CT molecular complexity index is 996. The zero-order valence-corrected chi connectivity index (χ0v) is 24.0. The third-order valence-corrected chi connectivity index (χ3v) is 8.37. The molecule has 38 heavy (non-hydrogen) atoms. The zero-order valence-electron chi connectivity index (χ0n) is 24.0. The van der Waals surface area contributed by atoms with Crippen molar-refractivity contribution in [2.24, 2.45) is 5.92 Å². The molecule has 0 aromatic heterocycles. The molecule has 1 aliphatic rings. The summed E-state index contributed by atoms with van der Waals surface area (Å²) in [5, 5.41) is 9.56. The maximum Gasteiger partial charge on any atom is 0.343 e. The summed E-state index contributed by atoms with van der Waals surface area (Å²) in [7, 11) is 0. The summed E-state index contributed by atoms with van der Waals surface area (Å²) in [5.41, 5.74) is 3.41. The van der Waals surface area contributed by atoms with Gasteiger partial charge in [-0.25, -0.2) is 4.79 Å². The molecule has 1 saturated carbocycles. The number of rotatable bonds is 16. The van der Waals surface area contributed by atoms with E-state index < -0.39 is 5.97 Å². The van der Waals surface area contributed by atoms with E-state index in [-0.39, 0.29) is 0 Å². The van der Waals surface area contributed by atoms with E-state index >= 15 is 0 Å². The van der Waals surface area contributed by atoms with Crippen LogP contribution in [-0.2, 0) is 6.42 Å². The smallest absolute Gasteiger partial charge is 0.343 e. The Morgan fingerprint density at radius 3 is 2.11 bits per heavy atom. The third-order valence-electron chi connectivity index (χ3n) is 8.37. The number of unbranched alkanes of at least 4 members (excludes halogenated alkanes) is 9. The van der Waals surface area contributed by atoms with Gasteiger partial charge in [0.15, 0.2) is 0 Å². The molecular formula is C35H49NO2. The number of ether oxygens (including phenoxy) is 1. The number of esters is 1. The summed E-state index contributed by atoms with van der Waals surface area (Å²) in [6, 6.07) is 15.7. The Balaban J connectivity index is 1.41. The summed E-state index contributed by atoms with van der Waals surface area (Å²) in [4.78, 5) is 12.8. The van der Waals surface area contributed by atoms with Gasteiger partial charge in [-0.15, -0.1) is 0 Å². The Kier molecular flexibility index (Phi) is 13.5. The van der Waals surface area contributed by atoms with E-state index in [0.29, 0.717) is 22.8 Å². The van der Waals surface area contributed by atoms with Gasteiger partial charge >= 0.3 is 5.97 Å².